The minimum absolute atomic E-state index is 0.0706. The Labute approximate surface area is 149 Å². The summed E-state index contributed by atoms with van der Waals surface area (Å²) >= 11 is 7.55. The molecule has 1 aliphatic heterocycles. The molecule has 1 fully saturated rings. The first kappa shape index (κ1) is 17.0. The van der Waals surface area contributed by atoms with E-state index in [1.165, 1.54) is 23.9 Å². The highest BCUT2D eigenvalue weighted by atomic mass is 35.5. The fourth-order valence-electron chi connectivity index (χ4n) is 2.47. The van der Waals surface area contributed by atoms with Gasteiger partial charge < -0.3 is 0 Å². The number of hydrogen-bond donors (Lipinski definition) is 0. The third-order valence-electron chi connectivity index (χ3n) is 3.80. The van der Waals surface area contributed by atoms with Crippen molar-refractivity contribution in [2.45, 2.75) is 13.3 Å². The van der Waals surface area contributed by atoms with E-state index in [2.05, 4.69) is 4.99 Å². The first-order valence-electron chi connectivity index (χ1n) is 7.56. The number of para-hydroxylation sites is 1. The molecular weight excluding hydrogens is 347 g/mol. The Hall–Kier alpha value is -1.85. The lowest BCUT2D eigenvalue weighted by molar-refractivity contribution is -0.126. The van der Waals surface area contributed by atoms with Crippen LogP contribution in [0.25, 0.3) is 0 Å². The average molecular weight is 363 g/mol. The summed E-state index contributed by atoms with van der Waals surface area (Å²) in [5.74, 6) is 0.126. The molecule has 0 aliphatic carbocycles. The van der Waals surface area contributed by atoms with E-state index in [9.17, 15) is 9.18 Å². The van der Waals surface area contributed by atoms with Crippen molar-refractivity contribution in [3.63, 3.8) is 0 Å². The van der Waals surface area contributed by atoms with Gasteiger partial charge in [0.2, 0.25) is 5.91 Å². The van der Waals surface area contributed by atoms with Crippen molar-refractivity contribution < 1.29 is 9.18 Å². The van der Waals surface area contributed by atoms with Crippen molar-refractivity contribution in [3.8, 4) is 0 Å². The van der Waals surface area contributed by atoms with Crippen LogP contribution >= 0.6 is 23.4 Å². The Balaban J connectivity index is 1.83. The van der Waals surface area contributed by atoms with Crippen LogP contribution in [0.3, 0.4) is 0 Å². The SMILES string of the molecule is Cc1ccccc1N=C1SCCN1C(=O)Cc1c(F)cccc1Cl. The summed E-state index contributed by atoms with van der Waals surface area (Å²) in [6.07, 6.45) is -0.0706. The predicted octanol–water partition coefficient (Wildman–Crippen LogP) is 4.59. The van der Waals surface area contributed by atoms with Crippen molar-refractivity contribution in [2.75, 3.05) is 12.3 Å². The second kappa shape index (κ2) is 7.36. The number of aryl methyl sites for hydroxylation is 1. The van der Waals surface area contributed by atoms with Crippen LogP contribution < -0.4 is 0 Å². The zero-order valence-electron chi connectivity index (χ0n) is 13.1. The number of thioether (sulfide) groups is 1. The number of rotatable bonds is 3. The van der Waals surface area contributed by atoms with Gasteiger partial charge in [-0.25, -0.2) is 9.38 Å². The summed E-state index contributed by atoms with van der Waals surface area (Å²) in [6.45, 7) is 2.55. The number of amides is 1. The van der Waals surface area contributed by atoms with E-state index in [1.54, 1.807) is 11.0 Å². The van der Waals surface area contributed by atoms with Crippen molar-refractivity contribution in [1.29, 1.82) is 0 Å². The molecule has 0 N–H and O–H groups in total. The number of carbonyl (C=O) groups is 1. The third kappa shape index (κ3) is 3.62. The van der Waals surface area contributed by atoms with E-state index in [1.807, 2.05) is 31.2 Å². The van der Waals surface area contributed by atoms with E-state index in [-0.39, 0.29) is 22.9 Å². The van der Waals surface area contributed by atoms with E-state index >= 15 is 0 Å². The van der Waals surface area contributed by atoms with Crippen LogP contribution in [-0.2, 0) is 11.2 Å². The second-order valence-electron chi connectivity index (χ2n) is 5.45. The zero-order chi connectivity index (χ0) is 17.1. The summed E-state index contributed by atoms with van der Waals surface area (Å²) in [7, 11) is 0. The molecule has 2 aromatic rings. The molecule has 124 valence electrons. The molecule has 6 heteroatoms. The van der Waals surface area contributed by atoms with Gasteiger partial charge in [-0.2, -0.15) is 0 Å². The van der Waals surface area contributed by atoms with Crippen molar-refractivity contribution >= 4 is 40.1 Å². The van der Waals surface area contributed by atoms with E-state index in [0.29, 0.717) is 11.7 Å². The maximum Gasteiger partial charge on any atom is 0.233 e. The Morgan fingerprint density at radius 3 is 2.83 bits per heavy atom. The molecule has 0 bridgehead atoms. The van der Waals surface area contributed by atoms with Crippen LogP contribution in [0, 0.1) is 12.7 Å². The minimum Gasteiger partial charge on any atom is -0.290 e. The molecule has 0 aromatic heterocycles. The lowest BCUT2D eigenvalue weighted by Gasteiger charge is -2.17. The van der Waals surface area contributed by atoms with Gasteiger partial charge in [-0.1, -0.05) is 47.6 Å². The molecule has 0 unspecified atom stereocenters. The third-order valence-corrected chi connectivity index (χ3v) is 5.11. The van der Waals surface area contributed by atoms with Gasteiger partial charge in [-0.05, 0) is 30.7 Å². The average Bonchev–Trinajstić information content (AvgIpc) is 3.01. The molecule has 3 rings (SSSR count). The summed E-state index contributed by atoms with van der Waals surface area (Å²) in [5.41, 5.74) is 2.11. The maximum atomic E-state index is 13.9. The van der Waals surface area contributed by atoms with E-state index in [4.69, 9.17) is 11.6 Å². The highest BCUT2D eigenvalue weighted by Crippen LogP contribution is 2.27. The highest BCUT2D eigenvalue weighted by molar-refractivity contribution is 8.14. The first-order valence-corrected chi connectivity index (χ1v) is 8.93. The topological polar surface area (TPSA) is 32.7 Å². The smallest absolute Gasteiger partial charge is 0.233 e. The van der Waals surface area contributed by atoms with Gasteiger partial charge >= 0.3 is 0 Å². The molecule has 2 aromatic carbocycles. The Kier molecular flexibility index (Phi) is 5.21. The molecule has 0 spiro atoms. The monoisotopic (exact) mass is 362 g/mol. The first-order chi connectivity index (χ1) is 11.6. The van der Waals surface area contributed by atoms with Gasteiger partial charge in [0.05, 0.1) is 12.1 Å². The molecule has 1 saturated heterocycles. The molecule has 3 nitrogen and oxygen atoms in total. The summed E-state index contributed by atoms with van der Waals surface area (Å²) in [4.78, 5) is 18.8. The van der Waals surface area contributed by atoms with Gasteiger partial charge in [0.15, 0.2) is 5.17 Å². The van der Waals surface area contributed by atoms with Gasteiger partial charge in [-0.15, -0.1) is 0 Å². The van der Waals surface area contributed by atoms with Gasteiger partial charge in [-0.3, -0.25) is 9.69 Å². The van der Waals surface area contributed by atoms with Gasteiger partial charge in [0, 0.05) is 22.9 Å². The van der Waals surface area contributed by atoms with Gasteiger partial charge in [0.25, 0.3) is 0 Å². The number of nitrogens with zero attached hydrogens (tertiary/aromatic N) is 2. The zero-order valence-corrected chi connectivity index (χ0v) is 14.7. The molecule has 1 aliphatic rings. The van der Waals surface area contributed by atoms with Gasteiger partial charge in [0.1, 0.15) is 5.82 Å². The Bertz CT molecular complexity index is 789. The number of amidine groups is 1. The van der Waals surface area contributed by atoms with Crippen LogP contribution in [0.15, 0.2) is 47.5 Å². The fraction of sp³-hybridized carbons (Fsp3) is 0.222. The molecule has 1 heterocycles. The summed E-state index contributed by atoms with van der Waals surface area (Å²) < 4.78 is 13.9. The summed E-state index contributed by atoms with van der Waals surface area (Å²) in [5, 5.41) is 0.925. The van der Waals surface area contributed by atoms with Crippen molar-refractivity contribution in [1.82, 2.24) is 4.90 Å². The number of aliphatic imine (C=N–C) groups is 1. The predicted molar refractivity (Wildman–Crippen MR) is 97.6 cm³/mol. The number of carbonyl (C=O) groups excluding carboxylic acids is 1. The van der Waals surface area contributed by atoms with Crippen LogP contribution in [0.1, 0.15) is 11.1 Å². The highest BCUT2D eigenvalue weighted by Gasteiger charge is 2.27. The van der Waals surface area contributed by atoms with Crippen LogP contribution in [0.5, 0.6) is 0 Å². The quantitative estimate of drug-likeness (QED) is 0.799. The number of benzene rings is 2. The molecule has 0 atom stereocenters. The lowest BCUT2D eigenvalue weighted by Crippen LogP contribution is -2.33. The summed E-state index contributed by atoms with van der Waals surface area (Å²) in [6, 6.07) is 12.2. The van der Waals surface area contributed by atoms with Crippen molar-refractivity contribution in [3.05, 3.63) is 64.4 Å². The number of hydrogen-bond acceptors (Lipinski definition) is 3. The molecule has 0 radical (unpaired) electrons. The number of halogens is 2. The molecule has 1 amide bonds. The molecule has 0 saturated carbocycles. The minimum atomic E-state index is -0.458. The van der Waals surface area contributed by atoms with Crippen molar-refractivity contribution in [2.24, 2.45) is 4.99 Å². The van der Waals surface area contributed by atoms with E-state index in [0.717, 1.165) is 17.0 Å². The van der Waals surface area contributed by atoms with E-state index < -0.39 is 5.82 Å². The molecular formula is C18H16ClFN2OS. The van der Waals surface area contributed by atoms with Crippen LogP contribution in [0.2, 0.25) is 5.02 Å². The van der Waals surface area contributed by atoms with Crippen LogP contribution in [-0.4, -0.2) is 28.3 Å². The Morgan fingerprint density at radius 1 is 1.29 bits per heavy atom. The normalized spacial score (nSPS) is 16.0. The maximum absolute atomic E-state index is 13.9. The standard InChI is InChI=1S/C18H16ClFN2OS/c1-12-5-2-3-8-16(12)21-18-22(9-10-24-18)17(23)11-13-14(19)6-4-7-15(13)20/h2-8H,9-11H2,1H3. The van der Waals surface area contributed by atoms with Crippen LogP contribution in [0.4, 0.5) is 10.1 Å². The lowest BCUT2D eigenvalue weighted by atomic mass is 10.1. The largest absolute Gasteiger partial charge is 0.290 e. The Morgan fingerprint density at radius 2 is 2.08 bits per heavy atom. The molecule has 24 heavy (non-hydrogen) atoms. The second-order valence-corrected chi connectivity index (χ2v) is 6.92. The fourth-order valence-corrected chi connectivity index (χ4v) is 3.66.